The van der Waals surface area contributed by atoms with E-state index in [9.17, 15) is 0 Å². The molecule has 1 aromatic heterocycles. The Morgan fingerprint density at radius 1 is 0.778 bits per heavy atom. The number of piperazine rings is 1. The van der Waals surface area contributed by atoms with Crippen molar-refractivity contribution in [1.29, 1.82) is 0 Å². The van der Waals surface area contributed by atoms with Gasteiger partial charge in [-0.05, 0) is 62.7 Å². The fourth-order valence-electron chi connectivity index (χ4n) is 4.80. The van der Waals surface area contributed by atoms with Crippen LogP contribution in [0.3, 0.4) is 0 Å². The molecule has 0 spiro atoms. The molecule has 0 radical (unpaired) electrons. The van der Waals surface area contributed by atoms with Gasteiger partial charge in [0.05, 0.1) is 0 Å². The van der Waals surface area contributed by atoms with Crippen LogP contribution < -0.4 is 25.3 Å². The molecule has 1 fully saturated rings. The lowest BCUT2D eigenvalue weighted by Gasteiger charge is -2.37. The highest BCUT2D eigenvalue weighted by atomic mass is 32.1. The highest BCUT2D eigenvalue weighted by Gasteiger charge is 2.23. The molecular formula is C28H35N7S. The molecule has 0 bridgehead atoms. The van der Waals surface area contributed by atoms with E-state index < -0.39 is 0 Å². The number of benzene rings is 2. The minimum Gasteiger partial charge on any atom is -0.368 e. The Bertz CT molecular complexity index is 1200. The Balaban J connectivity index is 1.38. The van der Waals surface area contributed by atoms with Crippen molar-refractivity contribution in [3.05, 3.63) is 71.8 Å². The number of hydrogen-bond acceptors (Lipinski definition) is 6. The van der Waals surface area contributed by atoms with E-state index in [0.717, 1.165) is 57.3 Å². The van der Waals surface area contributed by atoms with Crippen LogP contribution in [0.15, 0.2) is 60.7 Å². The molecule has 1 saturated heterocycles. The van der Waals surface area contributed by atoms with Gasteiger partial charge in [0.2, 0.25) is 5.95 Å². The number of anilines is 4. The molecule has 2 aliphatic rings. The molecule has 0 saturated carbocycles. The summed E-state index contributed by atoms with van der Waals surface area (Å²) in [7, 11) is 0. The van der Waals surface area contributed by atoms with Gasteiger partial charge in [-0.15, -0.1) is 0 Å². The van der Waals surface area contributed by atoms with Crippen LogP contribution in [-0.2, 0) is 13.0 Å². The molecule has 0 atom stereocenters. The average Bonchev–Trinajstić information content (AvgIpc) is 2.87. The molecule has 0 unspecified atom stereocenters. The summed E-state index contributed by atoms with van der Waals surface area (Å²) in [6.07, 6.45) is 1.01. The molecule has 3 heterocycles. The minimum absolute atomic E-state index is 0.144. The van der Waals surface area contributed by atoms with Gasteiger partial charge in [-0.25, -0.2) is 0 Å². The van der Waals surface area contributed by atoms with Crippen molar-refractivity contribution >= 4 is 40.6 Å². The van der Waals surface area contributed by atoms with Crippen molar-refractivity contribution in [2.75, 3.05) is 52.7 Å². The highest BCUT2D eigenvalue weighted by molar-refractivity contribution is 7.80. The first kappa shape index (κ1) is 24.3. The molecule has 2 N–H and O–H groups in total. The van der Waals surface area contributed by atoms with Gasteiger partial charge in [-0.2, -0.15) is 9.97 Å². The van der Waals surface area contributed by atoms with Crippen molar-refractivity contribution in [2.24, 2.45) is 0 Å². The number of para-hydroxylation sites is 1. The van der Waals surface area contributed by atoms with E-state index in [-0.39, 0.29) is 5.54 Å². The molecule has 0 amide bonds. The number of rotatable bonds is 4. The van der Waals surface area contributed by atoms with Crippen LogP contribution in [0.4, 0.5) is 23.3 Å². The molecule has 3 aromatic rings. The Kier molecular flexibility index (Phi) is 6.96. The van der Waals surface area contributed by atoms with E-state index >= 15 is 0 Å². The topological polar surface area (TPSA) is 59.6 Å². The van der Waals surface area contributed by atoms with Gasteiger partial charge < -0.3 is 25.3 Å². The normalized spacial score (nSPS) is 15.9. The predicted molar refractivity (Wildman–Crippen MR) is 153 cm³/mol. The number of nitrogens with one attached hydrogen (secondary N) is 2. The molecule has 188 valence electrons. The standard InChI is InChI=1S/C28H35N7S/c1-28(2,3)32-27(36)31-26-29-24(34-17-15-33(16-18-34)23-11-5-4-6-12-23)19-25(30-26)35-14-13-21-9-7-8-10-22(21)20-35/h4-12,19H,13-18,20H2,1-3H3,(H2,29,30,31,32,36). The first-order valence-corrected chi connectivity index (χ1v) is 13.1. The van der Waals surface area contributed by atoms with Crippen LogP contribution in [0.5, 0.6) is 0 Å². The summed E-state index contributed by atoms with van der Waals surface area (Å²) in [4.78, 5) is 16.9. The molecule has 7 nitrogen and oxygen atoms in total. The monoisotopic (exact) mass is 501 g/mol. The molecule has 2 aliphatic heterocycles. The van der Waals surface area contributed by atoms with Gasteiger partial charge in [-0.3, -0.25) is 0 Å². The zero-order valence-corrected chi connectivity index (χ0v) is 22.2. The van der Waals surface area contributed by atoms with E-state index in [0.29, 0.717) is 11.1 Å². The largest absolute Gasteiger partial charge is 0.368 e. The zero-order valence-electron chi connectivity index (χ0n) is 21.4. The van der Waals surface area contributed by atoms with E-state index in [4.69, 9.17) is 22.2 Å². The summed E-state index contributed by atoms with van der Waals surface area (Å²) in [6.45, 7) is 11.7. The Labute approximate surface area is 219 Å². The fraction of sp³-hybridized carbons (Fsp3) is 0.393. The molecule has 36 heavy (non-hydrogen) atoms. The second kappa shape index (κ2) is 10.3. The van der Waals surface area contributed by atoms with E-state index in [2.05, 4.69) is 107 Å². The quantitative estimate of drug-likeness (QED) is 0.509. The van der Waals surface area contributed by atoms with Crippen molar-refractivity contribution in [1.82, 2.24) is 15.3 Å². The van der Waals surface area contributed by atoms with Crippen LogP contribution in [0.1, 0.15) is 31.9 Å². The predicted octanol–water partition coefficient (Wildman–Crippen LogP) is 4.45. The first-order valence-electron chi connectivity index (χ1n) is 12.7. The number of fused-ring (bicyclic) bond motifs is 1. The lowest BCUT2D eigenvalue weighted by Crippen LogP contribution is -2.47. The first-order chi connectivity index (χ1) is 17.3. The third-order valence-corrected chi connectivity index (χ3v) is 6.80. The van der Waals surface area contributed by atoms with Gasteiger partial charge in [0.25, 0.3) is 0 Å². The lowest BCUT2D eigenvalue weighted by atomic mass is 10.00. The van der Waals surface area contributed by atoms with E-state index in [1.165, 1.54) is 16.8 Å². The summed E-state index contributed by atoms with van der Waals surface area (Å²) >= 11 is 5.57. The number of aromatic nitrogens is 2. The minimum atomic E-state index is -0.144. The summed E-state index contributed by atoms with van der Waals surface area (Å²) in [5.41, 5.74) is 3.91. The second-order valence-corrected chi connectivity index (χ2v) is 10.9. The highest BCUT2D eigenvalue weighted by Crippen LogP contribution is 2.28. The van der Waals surface area contributed by atoms with Gasteiger partial charge in [0.15, 0.2) is 5.11 Å². The zero-order chi connectivity index (χ0) is 25.1. The molecule has 0 aliphatic carbocycles. The summed E-state index contributed by atoms with van der Waals surface area (Å²) in [5.74, 6) is 2.40. The Morgan fingerprint density at radius 2 is 1.39 bits per heavy atom. The van der Waals surface area contributed by atoms with Crippen LogP contribution in [0.25, 0.3) is 0 Å². The SMILES string of the molecule is CC(C)(C)NC(=S)Nc1nc(N2CCN(c3ccccc3)CC2)cc(N2CCc3ccccc3C2)n1. The van der Waals surface area contributed by atoms with Gasteiger partial charge in [0.1, 0.15) is 11.6 Å². The molecular weight excluding hydrogens is 466 g/mol. The number of hydrogen-bond donors (Lipinski definition) is 2. The Morgan fingerprint density at radius 3 is 2.08 bits per heavy atom. The third-order valence-electron chi connectivity index (χ3n) is 6.59. The fourth-order valence-corrected chi connectivity index (χ4v) is 5.20. The van der Waals surface area contributed by atoms with Crippen molar-refractivity contribution in [3.8, 4) is 0 Å². The van der Waals surface area contributed by atoms with Gasteiger partial charge in [0, 0.05) is 56.6 Å². The Hall–Kier alpha value is -3.39. The summed E-state index contributed by atoms with van der Waals surface area (Å²) in [5, 5.41) is 7.09. The summed E-state index contributed by atoms with van der Waals surface area (Å²) in [6, 6.07) is 21.4. The van der Waals surface area contributed by atoms with Crippen molar-refractivity contribution in [3.63, 3.8) is 0 Å². The molecule has 8 heteroatoms. The molecule has 5 rings (SSSR count). The van der Waals surface area contributed by atoms with Crippen LogP contribution in [0, 0.1) is 0 Å². The second-order valence-electron chi connectivity index (χ2n) is 10.5. The summed E-state index contributed by atoms with van der Waals surface area (Å²) < 4.78 is 0. The van der Waals surface area contributed by atoms with Gasteiger partial charge in [-0.1, -0.05) is 42.5 Å². The van der Waals surface area contributed by atoms with Crippen molar-refractivity contribution < 1.29 is 0 Å². The third kappa shape index (κ3) is 5.87. The maximum absolute atomic E-state index is 5.57. The average molecular weight is 502 g/mol. The van der Waals surface area contributed by atoms with Gasteiger partial charge >= 0.3 is 0 Å². The van der Waals surface area contributed by atoms with Crippen molar-refractivity contribution in [2.45, 2.75) is 39.3 Å². The maximum atomic E-state index is 5.57. The van der Waals surface area contributed by atoms with E-state index in [1.54, 1.807) is 0 Å². The lowest BCUT2D eigenvalue weighted by molar-refractivity contribution is 0.514. The number of nitrogens with zero attached hydrogens (tertiary/aromatic N) is 5. The van der Waals surface area contributed by atoms with Crippen LogP contribution >= 0.6 is 12.2 Å². The van der Waals surface area contributed by atoms with Crippen LogP contribution in [-0.4, -0.2) is 53.3 Å². The van der Waals surface area contributed by atoms with Crippen LogP contribution in [0.2, 0.25) is 0 Å². The maximum Gasteiger partial charge on any atom is 0.232 e. The molecule has 2 aromatic carbocycles. The smallest absolute Gasteiger partial charge is 0.232 e. The van der Waals surface area contributed by atoms with E-state index in [1.807, 2.05) is 0 Å². The number of thiocarbonyl (C=S) groups is 1.